The van der Waals surface area contributed by atoms with Gasteiger partial charge in [0.05, 0.1) is 5.69 Å². The van der Waals surface area contributed by atoms with Crippen LogP contribution < -0.4 is 5.32 Å². The first-order valence-corrected chi connectivity index (χ1v) is 6.55. The van der Waals surface area contributed by atoms with Crippen molar-refractivity contribution >= 4 is 16.6 Å². The van der Waals surface area contributed by atoms with Gasteiger partial charge in [-0.25, -0.2) is 0 Å². The van der Waals surface area contributed by atoms with E-state index in [1.807, 2.05) is 19.1 Å². The van der Waals surface area contributed by atoms with E-state index in [1.54, 1.807) is 0 Å². The monoisotopic (exact) mass is 243 g/mol. The average molecular weight is 243 g/mol. The second kappa shape index (κ2) is 5.34. The highest BCUT2D eigenvalue weighted by Gasteiger charge is 2.09. The number of hydrogen-bond donors (Lipinski definition) is 1. The highest BCUT2D eigenvalue weighted by atomic mass is 15.2. The fraction of sp³-hybridized carbons (Fsp3) is 0.467. The highest BCUT2D eigenvalue weighted by molar-refractivity contribution is 5.92. The zero-order valence-corrected chi connectivity index (χ0v) is 11.6. The van der Waals surface area contributed by atoms with Gasteiger partial charge in [-0.1, -0.05) is 45.0 Å². The molecule has 1 unspecified atom stereocenters. The molecule has 3 nitrogen and oxygen atoms in total. The summed E-state index contributed by atoms with van der Waals surface area (Å²) in [6.07, 6.45) is 0. The zero-order chi connectivity index (χ0) is 13.1. The van der Waals surface area contributed by atoms with Crippen molar-refractivity contribution in [2.75, 3.05) is 11.9 Å². The maximum absolute atomic E-state index is 4.28. The Bertz CT molecular complexity index is 534. The molecule has 1 aromatic heterocycles. The van der Waals surface area contributed by atoms with Crippen LogP contribution in [0.5, 0.6) is 0 Å². The maximum atomic E-state index is 4.28. The lowest BCUT2D eigenvalue weighted by molar-refractivity contribution is 0.439. The molecule has 1 aromatic carbocycles. The first kappa shape index (κ1) is 12.8. The van der Waals surface area contributed by atoms with E-state index < -0.39 is 0 Å². The Morgan fingerprint density at radius 2 is 1.72 bits per heavy atom. The molecule has 0 saturated carbocycles. The van der Waals surface area contributed by atoms with Crippen LogP contribution in [0.3, 0.4) is 0 Å². The van der Waals surface area contributed by atoms with E-state index in [0.29, 0.717) is 11.8 Å². The van der Waals surface area contributed by atoms with Crippen molar-refractivity contribution in [3.63, 3.8) is 0 Å². The van der Waals surface area contributed by atoms with Crippen molar-refractivity contribution in [3.8, 4) is 0 Å². The molecule has 0 radical (unpaired) electrons. The van der Waals surface area contributed by atoms with Gasteiger partial charge in [-0.15, -0.1) is 5.10 Å². The van der Waals surface area contributed by atoms with Gasteiger partial charge in [0, 0.05) is 17.3 Å². The van der Waals surface area contributed by atoms with Gasteiger partial charge in [0.1, 0.15) is 0 Å². The number of nitrogens with zero attached hydrogens (tertiary/aromatic N) is 2. The Kier molecular flexibility index (Phi) is 3.80. The Balaban J connectivity index is 2.26. The van der Waals surface area contributed by atoms with Crippen LogP contribution >= 0.6 is 0 Å². The van der Waals surface area contributed by atoms with Crippen LogP contribution in [0.15, 0.2) is 24.3 Å². The molecule has 3 heteroatoms. The van der Waals surface area contributed by atoms with Gasteiger partial charge >= 0.3 is 0 Å². The summed E-state index contributed by atoms with van der Waals surface area (Å²) < 4.78 is 0. The largest absolute Gasteiger partial charge is 0.368 e. The summed E-state index contributed by atoms with van der Waals surface area (Å²) in [5.41, 5.74) is 0.980. The smallest absolute Gasteiger partial charge is 0.156 e. The van der Waals surface area contributed by atoms with Crippen LogP contribution in [0.4, 0.5) is 5.82 Å². The molecule has 0 fully saturated rings. The van der Waals surface area contributed by atoms with Crippen LogP contribution in [0.1, 0.15) is 26.5 Å². The molecule has 2 aromatic rings. The van der Waals surface area contributed by atoms with Crippen molar-refractivity contribution in [2.24, 2.45) is 11.8 Å². The van der Waals surface area contributed by atoms with Crippen molar-refractivity contribution < 1.29 is 0 Å². The quantitative estimate of drug-likeness (QED) is 0.890. The highest BCUT2D eigenvalue weighted by Crippen LogP contribution is 2.22. The van der Waals surface area contributed by atoms with Crippen molar-refractivity contribution in [3.05, 3.63) is 30.0 Å². The van der Waals surface area contributed by atoms with E-state index in [4.69, 9.17) is 0 Å². The predicted molar refractivity (Wildman–Crippen MR) is 76.8 cm³/mol. The molecule has 0 aliphatic carbocycles. The first-order chi connectivity index (χ1) is 8.59. The molecule has 1 N–H and O–H groups in total. The third-order valence-electron chi connectivity index (χ3n) is 3.60. The topological polar surface area (TPSA) is 37.8 Å². The van der Waals surface area contributed by atoms with Crippen LogP contribution in [0.25, 0.3) is 10.8 Å². The third-order valence-corrected chi connectivity index (χ3v) is 3.60. The normalized spacial score (nSPS) is 12.9. The lowest BCUT2D eigenvalue weighted by Crippen LogP contribution is -2.17. The third kappa shape index (κ3) is 2.61. The number of hydrogen-bond acceptors (Lipinski definition) is 3. The second-order valence-electron chi connectivity index (χ2n) is 5.28. The Hall–Kier alpha value is -1.64. The summed E-state index contributed by atoms with van der Waals surface area (Å²) in [5, 5.41) is 14.2. The van der Waals surface area contributed by atoms with E-state index in [2.05, 4.69) is 48.4 Å². The van der Waals surface area contributed by atoms with Gasteiger partial charge in [0.25, 0.3) is 0 Å². The van der Waals surface area contributed by atoms with Gasteiger partial charge < -0.3 is 5.32 Å². The Morgan fingerprint density at radius 3 is 2.39 bits per heavy atom. The predicted octanol–water partition coefficient (Wildman–Crippen LogP) is 3.64. The fourth-order valence-electron chi connectivity index (χ4n) is 1.86. The van der Waals surface area contributed by atoms with E-state index in [0.717, 1.165) is 23.4 Å². The lowest BCUT2D eigenvalue weighted by atomic mass is 9.98. The number of rotatable bonds is 4. The minimum Gasteiger partial charge on any atom is -0.368 e. The van der Waals surface area contributed by atoms with E-state index >= 15 is 0 Å². The molecule has 0 aliphatic rings. The first-order valence-electron chi connectivity index (χ1n) is 6.55. The van der Waals surface area contributed by atoms with Gasteiger partial charge in [-0.2, -0.15) is 5.10 Å². The summed E-state index contributed by atoms with van der Waals surface area (Å²) in [7, 11) is 0. The lowest BCUT2D eigenvalue weighted by Gasteiger charge is -2.17. The summed E-state index contributed by atoms with van der Waals surface area (Å²) in [6, 6.07) is 8.27. The summed E-state index contributed by atoms with van der Waals surface area (Å²) in [5.74, 6) is 2.18. The van der Waals surface area contributed by atoms with E-state index in [1.165, 1.54) is 5.39 Å². The van der Waals surface area contributed by atoms with Crippen LogP contribution in [-0.4, -0.2) is 16.7 Å². The maximum Gasteiger partial charge on any atom is 0.156 e. The summed E-state index contributed by atoms with van der Waals surface area (Å²) in [4.78, 5) is 0. The molecule has 96 valence electrons. The molecule has 0 aliphatic heterocycles. The molecule has 1 atom stereocenters. The molecule has 1 heterocycles. The van der Waals surface area contributed by atoms with Crippen molar-refractivity contribution in [1.82, 2.24) is 10.2 Å². The number of nitrogens with one attached hydrogen (secondary N) is 1. The minimum atomic E-state index is 0.617. The average Bonchev–Trinajstić information content (AvgIpc) is 2.38. The molecule has 2 rings (SSSR count). The SMILES string of the molecule is Cc1nnc(NCC(C)C(C)C)c2ccccc12. The van der Waals surface area contributed by atoms with Crippen LogP contribution in [0, 0.1) is 18.8 Å². The number of aromatic nitrogens is 2. The number of aryl methyl sites for hydroxylation is 1. The molecule has 0 bridgehead atoms. The zero-order valence-electron chi connectivity index (χ0n) is 11.6. The minimum absolute atomic E-state index is 0.617. The molecule has 18 heavy (non-hydrogen) atoms. The van der Waals surface area contributed by atoms with Crippen LogP contribution in [-0.2, 0) is 0 Å². The molecular formula is C15H21N3. The Morgan fingerprint density at radius 1 is 1.06 bits per heavy atom. The standard InChI is InChI=1S/C15H21N3/c1-10(2)11(3)9-16-15-14-8-6-5-7-13(14)12(4)17-18-15/h5-8,10-11H,9H2,1-4H3,(H,16,18). The van der Waals surface area contributed by atoms with Crippen LogP contribution in [0.2, 0.25) is 0 Å². The fourth-order valence-corrected chi connectivity index (χ4v) is 1.86. The van der Waals surface area contributed by atoms with Gasteiger partial charge in [0.15, 0.2) is 5.82 Å². The molecular weight excluding hydrogens is 222 g/mol. The number of fused-ring (bicyclic) bond motifs is 1. The van der Waals surface area contributed by atoms with Crippen molar-refractivity contribution in [2.45, 2.75) is 27.7 Å². The van der Waals surface area contributed by atoms with Gasteiger partial charge in [-0.3, -0.25) is 0 Å². The summed E-state index contributed by atoms with van der Waals surface area (Å²) in [6.45, 7) is 9.66. The summed E-state index contributed by atoms with van der Waals surface area (Å²) >= 11 is 0. The van der Waals surface area contributed by atoms with Gasteiger partial charge in [0.2, 0.25) is 0 Å². The molecule has 0 spiro atoms. The van der Waals surface area contributed by atoms with E-state index in [9.17, 15) is 0 Å². The Labute approximate surface area is 109 Å². The second-order valence-corrected chi connectivity index (χ2v) is 5.28. The molecule has 0 saturated heterocycles. The number of benzene rings is 1. The van der Waals surface area contributed by atoms with E-state index in [-0.39, 0.29) is 0 Å². The van der Waals surface area contributed by atoms with Gasteiger partial charge in [-0.05, 0) is 18.8 Å². The number of anilines is 1. The van der Waals surface area contributed by atoms with Crippen molar-refractivity contribution in [1.29, 1.82) is 0 Å². The molecule has 0 amide bonds.